The van der Waals surface area contributed by atoms with Crippen LogP contribution in [0.15, 0.2) is 0 Å². The van der Waals surface area contributed by atoms with Gasteiger partial charge in [-0.15, -0.1) is 0 Å². The molecule has 3 rings (SSSR count). The second-order valence-corrected chi connectivity index (χ2v) is 7.48. The van der Waals surface area contributed by atoms with Crippen LogP contribution in [0.1, 0.15) is 55.8 Å². The fourth-order valence-corrected chi connectivity index (χ4v) is 3.86. The summed E-state index contributed by atoms with van der Waals surface area (Å²) in [7, 11) is 0. The Bertz CT molecular complexity index is 490. The highest BCUT2D eigenvalue weighted by atomic mass is 35.5. The molecule has 5 heteroatoms. The summed E-state index contributed by atoms with van der Waals surface area (Å²) >= 11 is 8.26. The van der Waals surface area contributed by atoms with Gasteiger partial charge in [0.2, 0.25) is 0 Å². The molecular weight excluding hydrogens is 290 g/mol. The van der Waals surface area contributed by atoms with Gasteiger partial charge in [0.05, 0.1) is 0 Å². The van der Waals surface area contributed by atoms with E-state index < -0.39 is 0 Å². The van der Waals surface area contributed by atoms with Crippen molar-refractivity contribution in [2.24, 2.45) is 0 Å². The summed E-state index contributed by atoms with van der Waals surface area (Å²) in [5.41, 5.74) is 0.988. The molecule has 1 aromatic rings. The Kier molecular flexibility index (Phi) is 4.41. The average molecular weight is 312 g/mol. The maximum absolute atomic E-state index is 6.27. The fraction of sp³-hybridized carbons (Fsp3) is 0.733. The Balaban J connectivity index is 1.75. The van der Waals surface area contributed by atoms with Crippen LogP contribution in [-0.2, 0) is 0 Å². The van der Waals surface area contributed by atoms with Crippen LogP contribution in [-0.4, -0.2) is 27.5 Å². The number of anilines is 1. The van der Waals surface area contributed by atoms with Gasteiger partial charge in [0.15, 0.2) is 0 Å². The molecule has 1 N–H and O–H groups in total. The molecule has 2 aliphatic rings. The standard InChI is InChI=1S/C15H22ClN3S/c1-9-13(16)18-15(10-6-7-10)19-14(9)17-11-4-3-5-12(8-11)20-2/h10-12H,3-8H2,1-2H3,(H,17,18,19). The third-order valence-corrected chi connectivity index (χ3v) is 5.81. The molecule has 0 bridgehead atoms. The SMILES string of the molecule is CSC1CCCC(Nc2nc(C3CC3)nc(Cl)c2C)C1. The van der Waals surface area contributed by atoms with E-state index in [2.05, 4.69) is 16.6 Å². The number of thioether (sulfide) groups is 1. The minimum atomic E-state index is 0.526. The predicted octanol–water partition coefficient (Wildman–Crippen LogP) is 4.40. The number of rotatable bonds is 4. The molecule has 1 heterocycles. The summed E-state index contributed by atoms with van der Waals surface area (Å²) in [6, 6.07) is 0.526. The smallest absolute Gasteiger partial charge is 0.137 e. The summed E-state index contributed by atoms with van der Waals surface area (Å²) in [6.45, 7) is 2.01. The lowest BCUT2D eigenvalue weighted by Gasteiger charge is -2.29. The van der Waals surface area contributed by atoms with Crippen LogP contribution in [0.4, 0.5) is 5.82 Å². The molecule has 3 nitrogen and oxygen atoms in total. The van der Waals surface area contributed by atoms with E-state index in [4.69, 9.17) is 16.6 Å². The van der Waals surface area contributed by atoms with Gasteiger partial charge < -0.3 is 5.32 Å². The Morgan fingerprint density at radius 3 is 2.70 bits per heavy atom. The zero-order valence-electron chi connectivity index (χ0n) is 12.2. The van der Waals surface area contributed by atoms with Gasteiger partial charge in [-0.2, -0.15) is 11.8 Å². The maximum atomic E-state index is 6.27. The predicted molar refractivity (Wildman–Crippen MR) is 86.9 cm³/mol. The number of aromatic nitrogens is 2. The molecule has 2 unspecified atom stereocenters. The third-order valence-electron chi connectivity index (χ3n) is 4.35. The van der Waals surface area contributed by atoms with E-state index in [1.807, 2.05) is 18.7 Å². The number of hydrogen-bond acceptors (Lipinski definition) is 4. The molecule has 0 amide bonds. The van der Waals surface area contributed by atoms with Crippen molar-refractivity contribution in [3.8, 4) is 0 Å². The lowest BCUT2D eigenvalue weighted by atomic mass is 9.95. The molecule has 110 valence electrons. The monoisotopic (exact) mass is 311 g/mol. The number of halogens is 1. The molecule has 0 spiro atoms. The molecule has 1 aromatic heterocycles. The van der Waals surface area contributed by atoms with Crippen molar-refractivity contribution < 1.29 is 0 Å². The molecule has 20 heavy (non-hydrogen) atoms. The second kappa shape index (κ2) is 6.10. The zero-order chi connectivity index (χ0) is 14.1. The van der Waals surface area contributed by atoms with Gasteiger partial charge in [0.1, 0.15) is 16.8 Å². The zero-order valence-corrected chi connectivity index (χ0v) is 13.7. The molecule has 0 saturated heterocycles. The average Bonchev–Trinajstić information content (AvgIpc) is 3.28. The number of nitrogens with zero attached hydrogens (tertiary/aromatic N) is 2. The van der Waals surface area contributed by atoms with Gasteiger partial charge in [-0.25, -0.2) is 9.97 Å². The van der Waals surface area contributed by atoms with Crippen LogP contribution in [0, 0.1) is 6.92 Å². The molecule has 0 aromatic carbocycles. The lowest BCUT2D eigenvalue weighted by Crippen LogP contribution is -2.29. The van der Waals surface area contributed by atoms with Crippen LogP contribution in [0.5, 0.6) is 0 Å². The van der Waals surface area contributed by atoms with E-state index in [0.29, 0.717) is 17.1 Å². The van der Waals surface area contributed by atoms with Crippen LogP contribution in [0.3, 0.4) is 0 Å². The first-order valence-electron chi connectivity index (χ1n) is 7.50. The van der Waals surface area contributed by atoms with Crippen molar-refractivity contribution in [1.29, 1.82) is 0 Å². The summed E-state index contributed by atoms with van der Waals surface area (Å²) < 4.78 is 0. The van der Waals surface area contributed by atoms with Gasteiger partial charge in [-0.05, 0) is 45.3 Å². The van der Waals surface area contributed by atoms with E-state index >= 15 is 0 Å². The van der Waals surface area contributed by atoms with Crippen LogP contribution >= 0.6 is 23.4 Å². The molecule has 2 saturated carbocycles. The van der Waals surface area contributed by atoms with E-state index in [1.54, 1.807) is 0 Å². The molecular formula is C15H22ClN3S. The molecule has 2 fully saturated rings. The summed E-state index contributed by atoms with van der Waals surface area (Å²) in [5.74, 6) is 2.43. The maximum Gasteiger partial charge on any atom is 0.137 e. The molecule has 0 aliphatic heterocycles. The molecule has 0 radical (unpaired) electrons. The highest BCUT2D eigenvalue weighted by Crippen LogP contribution is 2.39. The molecule has 2 atom stereocenters. The summed E-state index contributed by atoms with van der Waals surface area (Å²) in [5, 5.41) is 5.02. The first-order valence-corrected chi connectivity index (χ1v) is 9.17. The van der Waals surface area contributed by atoms with Gasteiger partial charge in [-0.1, -0.05) is 18.0 Å². The van der Waals surface area contributed by atoms with Crippen LogP contribution < -0.4 is 5.32 Å². The van der Waals surface area contributed by atoms with Gasteiger partial charge in [0, 0.05) is 22.8 Å². The number of hydrogen-bond donors (Lipinski definition) is 1. The van der Waals surface area contributed by atoms with Crippen LogP contribution in [0.25, 0.3) is 0 Å². The Morgan fingerprint density at radius 2 is 2.00 bits per heavy atom. The summed E-state index contributed by atoms with van der Waals surface area (Å²) in [4.78, 5) is 9.16. The first kappa shape index (κ1) is 14.5. The van der Waals surface area contributed by atoms with Crippen molar-refractivity contribution in [3.05, 3.63) is 16.5 Å². The molecule has 2 aliphatic carbocycles. The van der Waals surface area contributed by atoms with E-state index in [1.165, 1.54) is 38.5 Å². The Hall–Kier alpha value is -0.480. The van der Waals surface area contributed by atoms with Crippen molar-refractivity contribution in [3.63, 3.8) is 0 Å². The lowest BCUT2D eigenvalue weighted by molar-refractivity contribution is 0.472. The van der Waals surface area contributed by atoms with Gasteiger partial charge in [0.25, 0.3) is 0 Å². The quantitative estimate of drug-likeness (QED) is 0.836. The largest absolute Gasteiger partial charge is 0.367 e. The van der Waals surface area contributed by atoms with E-state index in [9.17, 15) is 0 Å². The third kappa shape index (κ3) is 3.22. The Morgan fingerprint density at radius 1 is 1.20 bits per heavy atom. The highest BCUT2D eigenvalue weighted by molar-refractivity contribution is 7.99. The van der Waals surface area contributed by atoms with Gasteiger partial charge in [-0.3, -0.25) is 0 Å². The van der Waals surface area contributed by atoms with Crippen molar-refractivity contribution in [1.82, 2.24) is 9.97 Å². The normalized spacial score (nSPS) is 26.6. The van der Waals surface area contributed by atoms with Crippen molar-refractivity contribution in [2.75, 3.05) is 11.6 Å². The van der Waals surface area contributed by atoms with Crippen molar-refractivity contribution >= 4 is 29.2 Å². The van der Waals surface area contributed by atoms with Crippen molar-refractivity contribution in [2.45, 2.75) is 62.7 Å². The van der Waals surface area contributed by atoms with Gasteiger partial charge >= 0.3 is 0 Å². The van der Waals surface area contributed by atoms with E-state index in [-0.39, 0.29) is 0 Å². The minimum absolute atomic E-state index is 0.526. The van der Waals surface area contributed by atoms with E-state index in [0.717, 1.165) is 22.5 Å². The highest BCUT2D eigenvalue weighted by Gasteiger charge is 2.29. The topological polar surface area (TPSA) is 37.8 Å². The second-order valence-electron chi connectivity index (χ2n) is 5.99. The summed E-state index contributed by atoms with van der Waals surface area (Å²) in [6.07, 6.45) is 9.73. The first-order chi connectivity index (χ1) is 9.67. The number of nitrogens with one attached hydrogen (secondary N) is 1. The Labute approximate surface area is 130 Å². The fourth-order valence-electron chi connectivity index (χ4n) is 2.85. The minimum Gasteiger partial charge on any atom is -0.367 e. The van der Waals surface area contributed by atoms with Crippen LogP contribution in [0.2, 0.25) is 5.15 Å².